The number of pyridine rings is 1. The number of esters is 1. The first-order valence-electron chi connectivity index (χ1n) is 9.68. The molecule has 6 heteroatoms. The fraction of sp³-hybridized carbons (Fsp3) is 0.435. The Morgan fingerprint density at radius 2 is 1.83 bits per heavy atom. The zero-order valence-corrected chi connectivity index (χ0v) is 17.9. The molecular formula is C23H29NO5. The van der Waals surface area contributed by atoms with Gasteiger partial charge in [-0.3, -0.25) is 9.59 Å². The number of carbonyl (C=O) groups excluding carboxylic acids is 2. The SMILES string of the molecule is COc1ccnc(C(=O)C[C@@H](C)C(=O)O[C@@H](C)[C@@H](C)c2ccc(C)cc2C)c1O. The lowest BCUT2D eigenvalue weighted by atomic mass is 9.91. The van der Waals surface area contributed by atoms with Gasteiger partial charge in [0.15, 0.2) is 23.0 Å². The van der Waals surface area contributed by atoms with Crippen molar-refractivity contribution in [2.45, 2.75) is 53.1 Å². The topological polar surface area (TPSA) is 85.7 Å². The summed E-state index contributed by atoms with van der Waals surface area (Å²) in [5.74, 6) is -1.70. The van der Waals surface area contributed by atoms with Gasteiger partial charge in [-0.2, -0.15) is 0 Å². The van der Waals surface area contributed by atoms with Crippen LogP contribution in [0.15, 0.2) is 30.5 Å². The van der Waals surface area contributed by atoms with Crippen LogP contribution >= 0.6 is 0 Å². The lowest BCUT2D eigenvalue weighted by molar-refractivity contribution is -0.153. The first-order chi connectivity index (χ1) is 13.6. The molecule has 29 heavy (non-hydrogen) atoms. The van der Waals surface area contributed by atoms with Gasteiger partial charge in [0.25, 0.3) is 0 Å². The Morgan fingerprint density at radius 3 is 2.45 bits per heavy atom. The standard InChI is InChI=1S/C23H29NO5/c1-13-7-8-18(14(2)11-13)16(4)17(5)29-23(27)15(3)12-19(25)21-22(26)20(28-6)9-10-24-21/h7-11,15-17,26H,12H2,1-6H3/t15-,16-,17+/m1/s1. The molecule has 0 bridgehead atoms. The van der Waals surface area contributed by atoms with Gasteiger partial charge in [0.2, 0.25) is 0 Å². The number of aryl methyl sites for hydroxylation is 2. The molecule has 0 saturated heterocycles. The number of benzene rings is 1. The minimum absolute atomic E-state index is 0.0200. The summed E-state index contributed by atoms with van der Waals surface area (Å²) in [7, 11) is 1.39. The second-order valence-corrected chi connectivity index (χ2v) is 7.53. The summed E-state index contributed by atoms with van der Waals surface area (Å²) in [4.78, 5) is 28.9. The van der Waals surface area contributed by atoms with Crippen LogP contribution < -0.4 is 4.74 Å². The molecule has 0 unspecified atom stereocenters. The monoisotopic (exact) mass is 399 g/mol. The van der Waals surface area contributed by atoms with E-state index in [2.05, 4.69) is 17.1 Å². The van der Waals surface area contributed by atoms with E-state index in [1.807, 2.05) is 33.8 Å². The number of ketones is 1. The van der Waals surface area contributed by atoms with E-state index in [1.165, 1.54) is 24.9 Å². The minimum Gasteiger partial charge on any atom is -0.503 e. The molecule has 0 aliphatic carbocycles. The molecule has 0 radical (unpaired) electrons. The van der Waals surface area contributed by atoms with Gasteiger partial charge in [0, 0.05) is 24.6 Å². The average Bonchev–Trinajstić information content (AvgIpc) is 2.67. The van der Waals surface area contributed by atoms with Gasteiger partial charge >= 0.3 is 5.97 Å². The highest BCUT2D eigenvalue weighted by Gasteiger charge is 2.26. The number of hydrogen-bond acceptors (Lipinski definition) is 6. The molecule has 1 aromatic carbocycles. The molecule has 2 rings (SSSR count). The van der Waals surface area contributed by atoms with Crippen LogP contribution in [0.3, 0.4) is 0 Å². The van der Waals surface area contributed by atoms with Crippen molar-refractivity contribution in [3.05, 3.63) is 52.8 Å². The van der Waals surface area contributed by atoms with E-state index >= 15 is 0 Å². The fourth-order valence-electron chi connectivity index (χ4n) is 3.25. The van der Waals surface area contributed by atoms with E-state index in [4.69, 9.17) is 9.47 Å². The maximum atomic E-state index is 12.5. The number of aromatic nitrogens is 1. The molecule has 1 heterocycles. The highest BCUT2D eigenvalue weighted by Crippen LogP contribution is 2.30. The summed E-state index contributed by atoms with van der Waals surface area (Å²) in [6.45, 7) is 9.59. The van der Waals surface area contributed by atoms with Crippen molar-refractivity contribution in [1.29, 1.82) is 0 Å². The summed E-state index contributed by atoms with van der Waals surface area (Å²) in [6, 6.07) is 7.67. The maximum absolute atomic E-state index is 12.5. The quantitative estimate of drug-likeness (QED) is 0.524. The second-order valence-electron chi connectivity index (χ2n) is 7.53. The van der Waals surface area contributed by atoms with Crippen molar-refractivity contribution in [2.24, 2.45) is 5.92 Å². The summed E-state index contributed by atoms with van der Waals surface area (Å²) < 4.78 is 10.6. The highest BCUT2D eigenvalue weighted by atomic mass is 16.5. The minimum atomic E-state index is -0.663. The molecule has 156 valence electrons. The average molecular weight is 399 g/mol. The van der Waals surface area contributed by atoms with Crippen LogP contribution in [0.25, 0.3) is 0 Å². The van der Waals surface area contributed by atoms with Crippen molar-refractivity contribution in [3.8, 4) is 11.5 Å². The number of hydrogen-bond donors (Lipinski definition) is 1. The van der Waals surface area contributed by atoms with Gasteiger partial charge < -0.3 is 14.6 Å². The van der Waals surface area contributed by atoms with Crippen LogP contribution in [0.1, 0.15) is 60.3 Å². The molecular weight excluding hydrogens is 370 g/mol. The molecule has 1 N–H and O–H groups in total. The number of aromatic hydroxyl groups is 1. The molecule has 0 amide bonds. The Balaban J connectivity index is 2.02. The number of carbonyl (C=O) groups is 2. The summed E-state index contributed by atoms with van der Waals surface area (Å²) >= 11 is 0. The van der Waals surface area contributed by atoms with Crippen LogP contribution in [-0.4, -0.2) is 35.1 Å². The Kier molecular flexibility index (Phi) is 7.37. The van der Waals surface area contributed by atoms with Gasteiger partial charge in [-0.15, -0.1) is 0 Å². The third kappa shape index (κ3) is 5.34. The first-order valence-corrected chi connectivity index (χ1v) is 9.68. The number of Topliss-reactive ketones (excluding diaryl/α,β-unsaturated/α-hetero) is 1. The predicted molar refractivity (Wildman–Crippen MR) is 110 cm³/mol. The first kappa shape index (κ1) is 22.4. The van der Waals surface area contributed by atoms with Crippen LogP contribution in [0, 0.1) is 19.8 Å². The molecule has 0 aliphatic heterocycles. The normalized spacial score (nSPS) is 14.0. The van der Waals surface area contributed by atoms with Crippen LogP contribution in [0.4, 0.5) is 0 Å². The lowest BCUT2D eigenvalue weighted by Crippen LogP contribution is -2.26. The van der Waals surface area contributed by atoms with Crippen LogP contribution in [0.2, 0.25) is 0 Å². The van der Waals surface area contributed by atoms with E-state index in [0.717, 1.165) is 11.1 Å². The van der Waals surface area contributed by atoms with E-state index in [1.54, 1.807) is 6.92 Å². The van der Waals surface area contributed by atoms with Crippen LogP contribution in [-0.2, 0) is 9.53 Å². The van der Waals surface area contributed by atoms with Gasteiger partial charge in [-0.25, -0.2) is 4.98 Å². The third-order valence-electron chi connectivity index (χ3n) is 5.19. The van der Waals surface area contributed by atoms with Gasteiger partial charge in [0.05, 0.1) is 13.0 Å². The smallest absolute Gasteiger partial charge is 0.309 e. The van der Waals surface area contributed by atoms with Crippen molar-refractivity contribution < 1.29 is 24.2 Å². The zero-order valence-electron chi connectivity index (χ0n) is 17.9. The van der Waals surface area contributed by atoms with E-state index in [9.17, 15) is 14.7 Å². The number of methoxy groups -OCH3 is 1. The maximum Gasteiger partial charge on any atom is 0.309 e. The van der Waals surface area contributed by atoms with Gasteiger partial charge in [-0.1, -0.05) is 37.6 Å². The molecule has 3 atom stereocenters. The molecule has 1 aromatic heterocycles. The van der Waals surface area contributed by atoms with Crippen molar-refractivity contribution in [1.82, 2.24) is 4.98 Å². The Morgan fingerprint density at radius 1 is 1.14 bits per heavy atom. The zero-order chi connectivity index (χ0) is 21.7. The largest absolute Gasteiger partial charge is 0.503 e. The van der Waals surface area contributed by atoms with Crippen molar-refractivity contribution >= 4 is 11.8 Å². The molecule has 0 spiro atoms. The van der Waals surface area contributed by atoms with Crippen molar-refractivity contribution in [3.63, 3.8) is 0 Å². The van der Waals surface area contributed by atoms with E-state index < -0.39 is 17.7 Å². The summed E-state index contributed by atoms with van der Waals surface area (Å²) in [5.41, 5.74) is 3.36. The third-order valence-corrected chi connectivity index (χ3v) is 5.19. The molecule has 0 saturated carbocycles. The summed E-state index contributed by atoms with van der Waals surface area (Å²) in [6.07, 6.45) is 0.921. The van der Waals surface area contributed by atoms with Gasteiger partial charge in [-0.05, 0) is 31.9 Å². The second kappa shape index (κ2) is 9.54. The number of rotatable bonds is 8. The lowest BCUT2D eigenvalue weighted by Gasteiger charge is -2.24. The Bertz CT molecular complexity index is 893. The van der Waals surface area contributed by atoms with Crippen LogP contribution in [0.5, 0.6) is 11.5 Å². The Labute approximate surface area is 171 Å². The van der Waals surface area contributed by atoms with E-state index in [0.29, 0.717) is 0 Å². The van der Waals surface area contributed by atoms with E-state index in [-0.39, 0.29) is 35.6 Å². The number of nitrogens with zero attached hydrogens (tertiary/aromatic N) is 1. The highest BCUT2D eigenvalue weighted by molar-refractivity contribution is 5.99. The van der Waals surface area contributed by atoms with Crippen molar-refractivity contribution in [2.75, 3.05) is 7.11 Å². The summed E-state index contributed by atoms with van der Waals surface area (Å²) in [5, 5.41) is 10.1. The molecule has 0 fully saturated rings. The fourth-order valence-corrected chi connectivity index (χ4v) is 3.25. The molecule has 0 aliphatic rings. The molecule has 6 nitrogen and oxygen atoms in total. The molecule has 2 aromatic rings. The Hall–Kier alpha value is -2.89. The predicted octanol–water partition coefficient (Wildman–Crippen LogP) is 4.36. The number of ether oxygens (including phenoxy) is 2. The van der Waals surface area contributed by atoms with Gasteiger partial charge in [0.1, 0.15) is 6.10 Å².